The van der Waals surface area contributed by atoms with Crippen LogP contribution in [0.15, 0.2) is 77.2 Å². The zero-order valence-electron chi connectivity index (χ0n) is 15.8. The maximum atomic E-state index is 12.8. The van der Waals surface area contributed by atoms with Gasteiger partial charge in [-0.1, -0.05) is 48.5 Å². The minimum absolute atomic E-state index is 0.111. The van der Waals surface area contributed by atoms with Gasteiger partial charge in [0.05, 0.1) is 0 Å². The van der Waals surface area contributed by atoms with Crippen molar-refractivity contribution in [2.24, 2.45) is 0 Å². The Balaban J connectivity index is 1.50. The van der Waals surface area contributed by atoms with Crippen molar-refractivity contribution in [3.63, 3.8) is 0 Å². The van der Waals surface area contributed by atoms with Gasteiger partial charge in [-0.15, -0.1) is 0 Å². The second-order valence-corrected chi connectivity index (χ2v) is 6.68. The van der Waals surface area contributed by atoms with Crippen LogP contribution in [-0.2, 0) is 4.79 Å². The summed E-state index contributed by atoms with van der Waals surface area (Å²) in [7, 11) is 0. The van der Waals surface area contributed by atoms with E-state index in [4.69, 9.17) is 4.42 Å². The van der Waals surface area contributed by atoms with E-state index in [-0.39, 0.29) is 5.91 Å². The van der Waals surface area contributed by atoms with Crippen LogP contribution in [0.4, 0.5) is 11.4 Å². The van der Waals surface area contributed by atoms with E-state index >= 15 is 0 Å². The molecule has 0 saturated heterocycles. The fourth-order valence-electron chi connectivity index (χ4n) is 3.15. The van der Waals surface area contributed by atoms with Crippen LogP contribution in [0.5, 0.6) is 0 Å². The Kier molecular flexibility index (Phi) is 4.81. The Morgan fingerprint density at radius 3 is 2.57 bits per heavy atom. The summed E-state index contributed by atoms with van der Waals surface area (Å²) in [6.07, 6.45) is 0. The Hall–Kier alpha value is -3.60. The summed E-state index contributed by atoms with van der Waals surface area (Å²) < 4.78 is 5.49. The third-order valence-electron chi connectivity index (χ3n) is 4.54. The molecule has 1 atom stereocenters. The highest BCUT2D eigenvalue weighted by Gasteiger charge is 2.15. The van der Waals surface area contributed by atoms with Crippen molar-refractivity contribution in [1.82, 2.24) is 4.98 Å². The minimum Gasteiger partial charge on any atom is -0.441 e. The van der Waals surface area contributed by atoms with Gasteiger partial charge in [-0.2, -0.15) is 0 Å². The zero-order chi connectivity index (χ0) is 19.5. The fraction of sp³-hybridized carbons (Fsp3) is 0.130. The van der Waals surface area contributed by atoms with Crippen LogP contribution in [-0.4, -0.2) is 16.9 Å². The number of oxazole rings is 1. The molecule has 5 nitrogen and oxygen atoms in total. The Labute approximate surface area is 163 Å². The van der Waals surface area contributed by atoms with Crippen molar-refractivity contribution in [1.29, 1.82) is 0 Å². The van der Waals surface area contributed by atoms with Gasteiger partial charge in [0.2, 0.25) is 5.91 Å². The van der Waals surface area contributed by atoms with E-state index < -0.39 is 6.04 Å². The van der Waals surface area contributed by atoms with Crippen molar-refractivity contribution < 1.29 is 9.21 Å². The molecule has 1 aromatic heterocycles. The lowest BCUT2D eigenvalue weighted by Gasteiger charge is -2.17. The molecule has 4 rings (SSSR count). The minimum atomic E-state index is -0.422. The molecule has 0 aliphatic heterocycles. The Bertz CT molecular complexity index is 1120. The number of benzene rings is 3. The topological polar surface area (TPSA) is 67.2 Å². The second kappa shape index (κ2) is 7.56. The van der Waals surface area contributed by atoms with Gasteiger partial charge in [0.15, 0.2) is 11.5 Å². The number of rotatable bonds is 5. The van der Waals surface area contributed by atoms with Crippen molar-refractivity contribution in [2.75, 3.05) is 10.6 Å². The lowest BCUT2D eigenvalue weighted by molar-refractivity contribution is -0.116. The van der Waals surface area contributed by atoms with Crippen molar-refractivity contribution in [3.05, 3.63) is 78.7 Å². The van der Waals surface area contributed by atoms with Crippen LogP contribution in [0.25, 0.3) is 22.2 Å². The molecule has 2 N–H and O–H groups in total. The molecule has 140 valence electrons. The van der Waals surface area contributed by atoms with E-state index in [2.05, 4.69) is 15.6 Å². The van der Waals surface area contributed by atoms with Gasteiger partial charge < -0.3 is 15.1 Å². The quantitative estimate of drug-likeness (QED) is 0.503. The van der Waals surface area contributed by atoms with Gasteiger partial charge in [0.1, 0.15) is 11.6 Å². The predicted molar refractivity (Wildman–Crippen MR) is 112 cm³/mol. The molecule has 0 aliphatic rings. The Morgan fingerprint density at radius 2 is 1.75 bits per heavy atom. The van der Waals surface area contributed by atoms with Crippen LogP contribution in [0.3, 0.4) is 0 Å². The van der Waals surface area contributed by atoms with Crippen LogP contribution >= 0.6 is 0 Å². The fourth-order valence-corrected chi connectivity index (χ4v) is 3.15. The Morgan fingerprint density at radius 1 is 1.00 bits per heavy atom. The standard InChI is InChI=1S/C23H21N3O2/c1-15(24-18-12-13-22-21(14-18)25-16(2)28-22)23(27)26-20-11-7-6-10-19(20)17-8-4-3-5-9-17/h3-15,24H,1-2H3,(H,26,27)/t15-/m0/s1. The molecule has 0 unspecified atom stereocenters. The number of para-hydroxylation sites is 1. The van der Waals surface area contributed by atoms with Crippen molar-refractivity contribution in [3.8, 4) is 11.1 Å². The molecule has 3 aromatic carbocycles. The molecule has 1 heterocycles. The number of carbonyl (C=O) groups excluding carboxylic acids is 1. The van der Waals surface area contributed by atoms with E-state index in [9.17, 15) is 4.79 Å². The lowest BCUT2D eigenvalue weighted by atomic mass is 10.0. The van der Waals surface area contributed by atoms with E-state index in [1.54, 1.807) is 0 Å². The first-order chi connectivity index (χ1) is 13.6. The highest BCUT2D eigenvalue weighted by atomic mass is 16.3. The summed E-state index contributed by atoms with van der Waals surface area (Å²) in [5, 5.41) is 6.26. The molecule has 28 heavy (non-hydrogen) atoms. The molecule has 0 saturated carbocycles. The highest BCUT2D eigenvalue weighted by molar-refractivity contribution is 5.99. The number of hydrogen-bond acceptors (Lipinski definition) is 4. The van der Waals surface area contributed by atoms with Gasteiger partial charge in [-0.25, -0.2) is 4.98 Å². The smallest absolute Gasteiger partial charge is 0.246 e. The maximum absolute atomic E-state index is 12.8. The molecule has 0 bridgehead atoms. The lowest BCUT2D eigenvalue weighted by Crippen LogP contribution is -2.32. The number of anilines is 2. The molecule has 5 heteroatoms. The summed E-state index contributed by atoms with van der Waals surface area (Å²) >= 11 is 0. The molecule has 0 aliphatic carbocycles. The summed E-state index contributed by atoms with van der Waals surface area (Å²) in [5.41, 5.74) is 5.16. The van der Waals surface area contributed by atoms with Crippen LogP contribution in [0, 0.1) is 6.92 Å². The van der Waals surface area contributed by atoms with Gasteiger partial charge >= 0.3 is 0 Å². The third kappa shape index (κ3) is 3.74. The first-order valence-electron chi connectivity index (χ1n) is 9.19. The molecular formula is C23H21N3O2. The van der Waals surface area contributed by atoms with Crippen molar-refractivity contribution >= 4 is 28.4 Å². The largest absolute Gasteiger partial charge is 0.441 e. The van der Waals surface area contributed by atoms with Gasteiger partial charge in [0, 0.05) is 23.9 Å². The number of fused-ring (bicyclic) bond motifs is 1. The van der Waals surface area contributed by atoms with Crippen LogP contribution in [0.2, 0.25) is 0 Å². The van der Waals surface area contributed by atoms with E-state index in [1.165, 1.54) is 0 Å². The SMILES string of the molecule is Cc1nc2cc(N[C@@H](C)C(=O)Nc3ccccc3-c3ccccc3)ccc2o1. The number of nitrogens with zero attached hydrogens (tertiary/aromatic N) is 1. The van der Waals surface area contributed by atoms with Crippen LogP contribution < -0.4 is 10.6 Å². The summed E-state index contributed by atoms with van der Waals surface area (Å²) in [6.45, 7) is 3.64. The molecule has 0 radical (unpaired) electrons. The van der Waals surface area contributed by atoms with Crippen molar-refractivity contribution in [2.45, 2.75) is 19.9 Å². The number of aryl methyl sites for hydroxylation is 1. The number of aromatic nitrogens is 1. The zero-order valence-corrected chi connectivity index (χ0v) is 15.8. The maximum Gasteiger partial charge on any atom is 0.246 e. The molecule has 4 aromatic rings. The molecule has 0 spiro atoms. The van der Waals surface area contributed by atoms with E-state index in [0.29, 0.717) is 5.89 Å². The summed E-state index contributed by atoms with van der Waals surface area (Å²) in [6, 6.07) is 23.0. The summed E-state index contributed by atoms with van der Waals surface area (Å²) in [5.74, 6) is 0.510. The number of amides is 1. The predicted octanol–water partition coefficient (Wildman–Crippen LogP) is 5.24. The monoisotopic (exact) mass is 371 g/mol. The first-order valence-corrected chi connectivity index (χ1v) is 9.19. The summed E-state index contributed by atoms with van der Waals surface area (Å²) in [4.78, 5) is 17.1. The number of hydrogen-bond donors (Lipinski definition) is 2. The average Bonchev–Trinajstić information content (AvgIpc) is 3.08. The number of nitrogens with one attached hydrogen (secondary N) is 2. The van der Waals surface area contributed by atoms with Crippen LogP contribution in [0.1, 0.15) is 12.8 Å². The third-order valence-corrected chi connectivity index (χ3v) is 4.54. The van der Waals surface area contributed by atoms with Gasteiger partial charge in [-0.05, 0) is 36.8 Å². The first kappa shape index (κ1) is 17.8. The average molecular weight is 371 g/mol. The normalized spacial score (nSPS) is 11.9. The van der Waals surface area contributed by atoms with E-state index in [1.807, 2.05) is 86.6 Å². The molecular weight excluding hydrogens is 350 g/mol. The molecule has 1 amide bonds. The second-order valence-electron chi connectivity index (χ2n) is 6.68. The van der Waals surface area contributed by atoms with E-state index in [0.717, 1.165) is 33.6 Å². The number of carbonyl (C=O) groups is 1. The van der Waals surface area contributed by atoms with Gasteiger partial charge in [-0.3, -0.25) is 4.79 Å². The molecule has 0 fully saturated rings. The van der Waals surface area contributed by atoms with Gasteiger partial charge in [0.25, 0.3) is 0 Å². The highest BCUT2D eigenvalue weighted by Crippen LogP contribution is 2.28.